The Morgan fingerprint density at radius 3 is 2.95 bits per heavy atom. The lowest BCUT2D eigenvalue weighted by Crippen LogP contribution is -2.29. The van der Waals surface area contributed by atoms with E-state index in [1.807, 2.05) is 0 Å². The second-order valence-electron chi connectivity index (χ2n) is 6.02. The van der Waals surface area contributed by atoms with E-state index in [1.54, 1.807) is 0 Å². The van der Waals surface area contributed by atoms with Gasteiger partial charge in [0.05, 0.1) is 6.61 Å². The van der Waals surface area contributed by atoms with Crippen LogP contribution in [0.15, 0.2) is 36.4 Å². The standard InChI is InChI=1S/C19H29NO/c1-3-9-17(2)18-10-7-11-19(16-18)21-15-8-14-20-12-5-4-6-13-20/h4-5,7,10-11,16-17H,3,6,8-9,12-15H2,1-2H3. The van der Waals surface area contributed by atoms with Crippen LogP contribution in [0.25, 0.3) is 0 Å². The van der Waals surface area contributed by atoms with Crippen LogP contribution >= 0.6 is 0 Å². The molecule has 1 unspecified atom stereocenters. The van der Waals surface area contributed by atoms with Gasteiger partial charge in [0, 0.05) is 19.6 Å². The van der Waals surface area contributed by atoms with Crippen molar-refractivity contribution in [3.05, 3.63) is 42.0 Å². The summed E-state index contributed by atoms with van der Waals surface area (Å²) in [6.45, 7) is 8.78. The lowest BCUT2D eigenvalue weighted by Gasteiger charge is -2.22. The van der Waals surface area contributed by atoms with Gasteiger partial charge in [0.1, 0.15) is 5.75 Å². The molecule has 0 bridgehead atoms. The van der Waals surface area contributed by atoms with Crippen molar-refractivity contribution in [2.45, 2.75) is 45.4 Å². The predicted molar refractivity (Wildman–Crippen MR) is 90.1 cm³/mol. The second kappa shape index (κ2) is 8.89. The zero-order chi connectivity index (χ0) is 14.9. The zero-order valence-electron chi connectivity index (χ0n) is 13.6. The molecule has 0 amide bonds. The van der Waals surface area contributed by atoms with E-state index in [-0.39, 0.29) is 0 Å². The highest BCUT2D eigenvalue weighted by atomic mass is 16.5. The maximum absolute atomic E-state index is 5.92. The molecule has 0 radical (unpaired) electrons. The fraction of sp³-hybridized carbons (Fsp3) is 0.579. The van der Waals surface area contributed by atoms with E-state index in [1.165, 1.54) is 31.4 Å². The van der Waals surface area contributed by atoms with Crippen molar-refractivity contribution >= 4 is 0 Å². The van der Waals surface area contributed by atoms with Gasteiger partial charge in [-0.25, -0.2) is 0 Å². The minimum absolute atomic E-state index is 0.624. The Bertz CT molecular complexity index is 441. The van der Waals surface area contributed by atoms with Gasteiger partial charge < -0.3 is 4.74 Å². The third-order valence-corrected chi connectivity index (χ3v) is 4.18. The summed E-state index contributed by atoms with van der Waals surface area (Å²) in [7, 11) is 0. The Morgan fingerprint density at radius 2 is 2.19 bits per heavy atom. The topological polar surface area (TPSA) is 12.5 Å². The molecule has 2 nitrogen and oxygen atoms in total. The smallest absolute Gasteiger partial charge is 0.119 e. The molecule has 21 heavy (non-hydrogen) atoms. The van der Waals surface area contributed by atoms with Crippen molar-refractivity contribution in [3.63, 3.8) is 0 Å². The van der Waals surface area contributed by atoms with Gasteiger partial charge in [-0.05, 0) is 42.9 Å². The van der Waals surface area contributed by atoms with Crippen molar-refractivity contribution in [3.8, 4) is 5.75 Å². The van der Waals surface area contributed by atoms with Gasteiger partial charge in [0.25, 0.3) is 0 Å². The van der Waals surface area contributed by atoms with Crippen molar-refractivity contribution in [1.29, 1.82) is 0 Å². The summed E-state index contributed by atoms with van der Waals surface area (Å²) in [5.41, 5.74) is 1.40. The van der Waals surface area contributed by atoms with Crippen molar-refractivity contribution in [2.75, 3.05) is 26.2 Å². The van der Waals surface area contributed by atoms with Crippen LogP contribution in [0.2, 0.25) is 0 Å². The molecule has 1 aromatic rings. The van der Waals surface area contributed by atoms with Gasteiger partial charge in [-0.15, -0.1) is 0 Å². The van der Waals surface area contributed by atoms with E-state index in [0.717, 1.165) is 31.9 Å². The van der Waals surface area contributed by atoms with E-state index < -0.39 is 0 Å². The average Bonchev–Trinajstić information content (AvgIpc) is 2.53. The maximum Gasteiger partial charge on any atom is 0.119 e. The lowest BCUT2D eigenvalue weighted by atomic mass is 9.96. The monoisotopic (exact) mass is 287 g/mol. The molecule has 0 spiro atoms. The number of benzene rings is 1. The van der Waals surface area contributed by atoms with Crippen molar-refractivity contribution in [2.24, 2.45) is 0 Å². The molecule has 0 saturated heterocycles. The number of hydrogen-bond acceptors (Lipinski definition) is 2. The highest BCUT2D eigenvalue weighted by Crippen LogP contribution is 2.24. The Balaban J connectivity index is 1.72. The molecule has 1 aliphatic rings. The van der Waals surface area contributed by atoms with Crippen LogP contribution in [0.5, 0.6) is 5.75 Å². The number of rotatable bonds is 8. The van der Waals surface area contributed by atoms with E-state index in [9.17, 15) is 0 Å². The van der Waals surface area contributed by atoms with Crippen LogP contribution in [0.4, 0.5) is 0 Å². The summed E-state index contributed by atoms with van der Waals surface area (Å²) in [6.07, 6.45) is 9.31. The quantitative estimate of drug-likeness (QED) is 0.511. The third kappa shape index (κ3) is 5.55. The third-order valence-electron chi connectivity index (χ3n) is 4.18. The Labute approximate surface area is 129 Å². The highest BCUT2D eigenvalue weighted by Gasteiger charge is 2.07. The summed E-state index contributed by atoms with van der Waals surface area (Å²) < 4.78 is 5.92. The Morgan fingerprint density at radius 1 is 1.29 bits per heavy atom. The summed E-state index contributed by atoms with van der Waals surface area (Å²) in [5.74, 6) is 1.65. The van der Waals surface area contributed by atoms with Crippen molar-refractivity contribution in [1.82, 2.24) is 4.90 Å². The molecule has 116 valence electrons. The first-order valence-corrected chi connectivity index (χ1v) is 8.39. The van der Waals surface area contributed by atoms with Crippen LogP contribution < -0.4 is 4.74 Å². The van der Waals surface area contributed by atoms with Crippen LogP contribution in [0, 0.1) is 0 Å². The van der Waals surface area contributed by atoms with Crippen LogP contribution in [-0.4, -0.2) is 31.1 Å². The van der Waals surface area contributed by atoms with Gasteiger partial charge in [0.2, 0.25) is 0 Å². The summed E-state index contributed by atoms with van der Waals surface area (Å²) in [5, 5.41) is 0. The Hall–Kier alpha value is -1.28. The molecule has 1 heterocycles. The highest BCUT2D eigenvalue weighted by molar-refractivity contribution is 5.30. The van der Waals surface area contributed by atoms with Gasteiger partial charge in [-0.1, -0.05) is 44.6 Å². The average molecular weight is 287 g/mol. The van der Waals surface area contributed by atoms with E-state index in [0.29, 0.717) is 5.92 Å². The minimum Gasteiger partial charge on any atom is -0.494 e. The van der Waals surface area contributed by atoms with E-state index >= 15 is 0 Å². The molecular formula is C19H29NO. The Kier molecular flexibility index (Phi) is 6.81. The van der Waals surface area contributed by atoms with E-state index in [4.69, 9.17) is 4.74 Å². The molecule has 0 aromatic heterocycles. The predicted octanol–water partition coefficient (Wildman–Crippen LogP) is 4.62. The molecule has 1 aliphatic heterocycles. The van der Waals surface area contributed by atoms with Crippen LogP contribution in [0.1, 0.15) is 51.0 Å². The first-order valence-electron chi connectivity index (χ1n) is 8.39. The van der Waals surface area contributed by atoms with Gasteiger partial charge in [0.15, 0.2) is 0 Å². The first kappa shape index (κ1) is 16.1. The number of ether oxygens (including phenoxy) is 1. The van der Waals surface area contributed by atoms with E-state index in [2.05, 4.69) is 55.2 Å². The largest absolute Gasteiger partial charge is 0.494 e. The summed E-state index contributed by atoms with van der Waals surface area (Å²) >= 11 is 0. The van der Waals surface area contributed by atoms with Crippen LogP contribution in [-0.2, 0) is 0 Å². The molecule has 2 rings (SSSR count). The molecule has 0 N–H and O–H groups in total. The maximum atomic E-state index is 5.92. The SMILES string of the molecule is CCCC(C)c1cccc(OCCCN2CC=CCC2)c1. The zero-order valence-corrected chi connectivity index (χ0v) is 13.6. The minimum atomic E-state index is 0.624. The molecule has 1 atom stereocenters. The van der Waals surface area contributed by atoms with Gasteiger partial charge >= 0.3 is 0 Å². The molecule has 2 heteroatoms. The fourth-order valence-corrected chi connectivity index (χ4v) is 2.88. The molecule has 0 aliphatic carbocycles. The van der Waals surface area contributed by atoms with Crippen molar-refractivity contribution < 1.29 is 4.74 Å². The normalized spacial score (nSPS) is 16.9. The fourth-order valence-electron chi connectivity index (χ4n) is 2.88. The van der Waals surface area contributed by atoms with Crippen LogP contribution in [0.3, 0.4) is 0 Å². The first-order chi connectivity index (χ1) is 10.3. The molecular weight excluding hydrogens is 258 g/mol. The van der Waals surface area contributed by atoms with Gasteiger partial charge in [-0.3, -0.25) is 4.90 Å². The second-order valence-corrected chi connectivity index (χ2v) is 6.02. The molecule has 0 saturated carbocycles. The molecule has 1 aromatic carbocycles. The molecule has 0 fully saturated rings. The number of nitrogens with zero attached hydrogens (tertiary/aromatic N) is 1. The summed E-state index contributed by atoms with van der Waals surface area (Å²) in [6, 6.07) is 8.62. The summed E-state index contributed by atoms with van der Waals surface area (Å²) in [4.78, 5) is 2.49. The lowest BCUT2D eigenvalue weighted by molar-refractivity contribution is 0.247. The number of hydrogen-bond donors (Lipinski definition) is 0. The van der Waals surface area contributed by atoms with Gasteiger partial charge in [-0.2, -0.15) is 0 Å².